The molecule has 12 nitrogen and oxygen atoms in total. The lowest BCUT2D eigenvalue weighted by molar-refractivity contribution is -0.146. The number of nitrogens with one attached hydrogen (secondary N) is 2. The van der Waals surface area contributed by atoms with Gasteiger partial charge in [-0.05, 0) is 50.8 Å². The lowest BCUT2D eigenvalue weighted by Gasteiger charge is -2.35. The molecule has 2 aliphatic rings. The molecular weight excluding hydrogens is 650 g/mol. The van der Waals surface area contributed by atoms with Gasteiger partial charge in [-0.2, -0.15) is 0 Å². The van der Waals surface area contributed by atoms with Crippen molar-refractivity contribution in [1.29, 1.82) is 0 Å². The van der Waals surface area contributed by atoms with Gasteiger partial charge in [0.05, 0.1) is 17.8 Å². The highest BCUT2D eigenvalue weighted by molar-refractivity contribution is 5.96. The van der Waals surface area contributed by atoms with Gasteiger partial charge in [-0.3, -0.25) is 9.59 Å². The minimum absolute atomic E-state index is 0.00469. The minimum atomic E-state index is -1.50. The van der Waals surface area contributed by atoms with Gasteiger partial charge < -0.3 is 35.0 Å². The molecule has 0 radical (unpaired) electrons. The van der Waals surface area contributed by atoms with Crippen LogP contribution in [0.1, 0.15) is 54.4 Å². The Morgan fingerprint density at radius 3 is 2.31 bits per heavy atom. The minimum Gasteiger partial charge on any atom is -0.488 e. The number of aromatic nitrogens is 1. The number of rotatable bonds is 10. The van der Waals surface area contributed by atoms with Crippen LogP contribution < -0.4 is 20.3 Å². The molecule has 0 bridgehead atoms. The van der Waals surface area contributed by atoms with Crippen LogP contribution in [0.15, 0.2) is 67.3 Å². The Morgan fingerprint density at radius 1 is 1.06 bits per heavy atom. The van der Waals surface area contributed by atoms with E-state index in [0.29, 0.717) is 17.0 Å². The van der Waals surface area contributed by atoms with Gasteiger partial charge >= 0.3 is 12.1 Å². The average Bonchev–Trinajstić information content (AvgIpc) is 3.61. The second kappa shape index (κ2) is 13.9. The number of likely N-dealkylation sites (tertiary alicyclic amines) is 1. The zero-order valence-corrected chi connectivity index (χ0v) is 30.6. The molecular formula is C39H49N5O7. The van der Waals surface area contributed by atoms with Gasteiger partial charge in [0.1, 0.15) is 35.1 Å². The molecule has 1 saturated heterocycles. The molecule has 51 heavy (non-hydrogen) atoms. The van der Waals surface area contributed by atoms with Crippen molar-refractivity contribution in [3.05, 3.63) is 67.3 Å². The van der Waals surface area contributed by atoms with Gasteiger partial charge in [-0.25, -0.2) is 14.6 Å². The molecule has 2 heterocycles. The maximum Gasteiger partial charge on any atom is 0.408 e. The van der Waals surface area contributed by atoms with Crippen LogP contribution >= 0.6 is 0 Å². The van der Waals surface area contributed by atoms with Crippen molar-refractivity contribution < 1.29 is 33.8 Å². The van der Waals surface area contributed by atoms with Crippen LogP contribution in [0, 0.1) is 11.3 Å². The highest BCUT2D eigenvalue weighted by Gasteiger charge is 2.61. The molecule has 3 amide bonds. The number of hydrogen-bond donors (Lipinski definition) is 3. The number of alkyl carbamates (subject to hydrolysis) is 1. The molecule has 2 fully saturated rings. The highest BCUT2D eigenvalue weighted by Crippen LogP contribution is 2.45. The average molecular weight is 700 g/mol. The Bertz CT molecular complexity index is 1830. The van der Waals surface area contributed by atoms with Crippen LogP contribution in [0.25, 0.3) is 22.2 Å². The fraction of sp³-hybridized carbons (Fsp3) is 0.462. The molecule has 5 rings (SSSR count). The Balaban J connectivity index is 1.52. The number of aliphatic carboxylic acids is 1. The second-order valence-corrected chi connectivity index (χ2v) is 15.7. The van der Waals surface area contributed by atoms with Crippen LogP contribution in [0.5, 0.6) is 5.75 Å². The molecule has 2 aromatic carbocycles. The van der Waals surface area contributed by atoms with E-state index in [1.807, 2.05) is 73.6 Å². The van der Waals surface area contributed by atoms with Gasteiger partial charge in [0.2, 0.25) is 11.8 Å². The largest absolute Gasteiger partial charge is 0.488 e. The Kier molecular flexibility index (Phi) is 10.1. The van der Waals surface area contributed by atoms with E-state index in [1.54, 1.807) is 41.5 Å². The summed E-state index contributed by atoms with van der Waals surface area (Å²) < 4.78 is 12.2. The number of carbonyl (C=O) groups excluding carboxylic acids is 3. The summed E-state index contributed by atoms with van der Waals surface area (Å²) in [6.07, 6.45) is 0.358. The Hall–Kier alpha value is -5.13. The first-order valence-electron chi connectivity index (χ1n) is 17.1. The summed E-state index contributed by atoms with van der Waals surface area (Å²) in [6, 6.07) is 15.3. The first-order valence-corrected chi connectivity index (χ1v) is 17.1. The van der Waals surface area contributed by atoms with Crippen molar-refractivity contribution in [3.63, 3.8) is 0 Å². The molecule has 1 aliphatic carbocycles. The van der Waals surface area contributed by atoms with E-state index in [1.165, 1.54) is 11.0 Å². The van der Waals surface area contributed by atoms with Crippen molar-refractivity contribution in [1.82, 2.24) is 20.5 Å². The summed E-state index contributed by atoms with van der Waals surface area (Å²) in [6.45, 7) is 14.3. The van der Waals surface area contributed by atoms with E-state index in [9.17, 15) is 24.3 Å². The number of anilines is 1. The van der Waals surface area contributed by atoms with E-state index < -0.39 is 64.5 Å². The van der Waals surface area contributed by atoms with Crippen molar-refractivity contribution in [2.75, 3.05) is 25.5 Å². The molecule has 1 saturated carbocycles. The monoisotopic (exact) mass is 699 g/mol. The number of pyridine rings is 1. The number of ether oxygens (including phenoxy) is 2. The van der Waals surface area contributed by atoms with Crippen molar-refractivity contribution in [3.8, 4) is 17.0 Å². The number of benzene rings is 2. The number of carboxylic acid groups (broad SMARTS) is 1. The molecule has 5 atom stereocenters. The molecule has 3 aromatic rings. The summed E-state index contributed by atoms with van der Waals surface area (Å²) in [5.74, 6) is -2.22. The molecule has 12 heteroatoms. The van der Waals surface area contributed by atoms with Crippen LogP contribution in [0.3, 0.4) is 0 Å². The number of carbonyl (C=O) groups is 4. The van der Waals surface area contributed by atoms with Crippen molar-refractivity contribution in [2.24, 2.45) is 11.3 Å². The first-order chi connectivity index (χ1) is 23.8. The van der Waals surface area contributed by atoms with Crippen LogP contribution in [-0.2, 0) is 19.1 Å². The summed E-state index contributed by atoms with van der Waals surface area (Å²) in [5.41, 5.74) is 0.159. The maximum atomic E-state index is 14.5. The van der Waals surface area contributed by atoms with E-state index in [2.05, 4.69) is 17.2 Å². The molecule has 1 unspecified atom stereocenters. The molecule has 1 aliphatic heterocycles. The molecule has 3 N–H and O–H groups in total. The third kappa shape index (κ3) is 8.10. The number of fused-ring (bicyclic) bond motifs is 1. The fourth-order valence-corrected chi connectivity index (χ4v) is 6.43. The quantitative estimate of drug-likeness (QED) is 0.237. The third-order valence-electron chi connectivity index (χ3n) is 9.28. The zero-order valence-electron chi connectivity index (χ0n) is 30.6. The van der Waals surface area contributed by atoms with Gasteiger partial charge in [-0.1, -0.05) is 57.2 Å². The van der Waals surface area contributed by atoms with E-state index in [0.717, 1.165) is 16.6 Å². The summed E-state index contributed by atoms with van der Waals surface area (Å²) >= 11 is 0. The van der Waals surface area contributed by atoms with Crippen LogP contribution in [0.2, 0.25) is 0 Å². The second-order valence-electron chi connectivity index (χ2n) is 15.7. The van der Waals surface area contributed by atoms with E-state index in [-0.39, 0.29) is 19.4 Å². The molecule has 0 spiro atoms. The predicted octanol–water partition coefficient (Wildman–Crippen LogP) is 5.40. The van der Waals surface area contributed by atoms with E-state index >= 15 is 0 Å². The SMILES string of the molecule is C=C[C@H]1CC1(NC(=O)[C@@H]1C[C@@H](Oc2cc(-c3ccccc3)nc3cc(N(C)C)ccc23)CN1C(=O)[C@@H](NC(=O)OC(C)(C)C)C(C)(C)C)C(=O)O. The maximum absolute atomic E-state index is 14.5. The number of amides is 3. The molecule has 272 valence electrons. The predicted molar refractivity (Wildman–Crippen MR) is 195 cm³/mol. The zero-order chi connectivity index (χ0) is 37.5. The van der Waals surface area contributed by atoms with Crippen LogP contribution in [0.4, 0.5) is 10.5 Å². The first kappa shape index (κ1) is 37.1. The Morgan fingerprint density at radius 2 is 1.75 bits per heavy atom. The van der Waals surface area contributed by atoms with Crippen molar-refractivity contribution >= 4 is 40.5 Å². The highest BCUT2D eigenvalue weighted by atomic mass is 16.6. The van der Waals surface area contributed by atoms with E-state index in [4.69, 9.17) is 14.5 Å². The summed E-state index contributed by atoms with van der Waals surface area (Å²) in [4.78, 5) is 62.1. The normalized spacial score (nSPS) is 22.1. The fourth-order valence-electron chi connectivity index (χ4n) is 6.43. The smallest absolute Gasteiger partial charge is 0.408 e. The summed E-state index contributed by atoms with van der Waals surface area (Å²) in [7, 11) is 3.90. The van der Waals surface area contributed by atoms with Crippen LogP contribution in [-0.4, -0.2) is 88.8 Å². The Labute approximate surface area is 299 Å². The van der Waals surface area contributed by atoms with Gasteiger partial charge in [0.15, 0.2) is 0 Å². The van der Waals surface area contributed by atoms with Crippen molar-refractivity contribution in [2.45, 2.75) is 83.7 Å². The topological polar surface area (TPSA) is 150 Å². The third-order valence-corrected chi connectivity index (χ3v) is 9.28. The standard InChI is InChI=1S/C39H49N5O7/c1-10-24-21-39(24,35(47)48)42-33(45)30-19-26(22-44(30)34(46)32(37(2,3)4)41-36(49)51-38(5,6)7)50-31-20-28(23-14-12-11-13-15-23)40-29-18-25(43(8)9)16-17-27(29)31/h10-18,20,24,26,30,32H,1,19,21-22H2,2-9H3,(H,41,49)(H,42,45)(H,47,48)/t24-,26+,30-,32+,39?/m0/s1. The van der Waals surface area contributed by atoms with Gasteiger partial charge in [0.25, 0.3) is 0 Å². The van der Waals surface area contributed by atoms with Gasteiger partial charge in [-0.15, -0.1) is 6.58 Å². The molecule has 1 aromatic heterocycles. The number of carboxylic acids is 1. The lowest BCUT2D eigenvalue weighted by Crippen LogP contribution is -2.59. The lowest BCUT2D eigenvalue weighted by atomic mass is 9.85. The van der Waals surface area contributed by atoms with Gasteiger partial charge in [0, 0.05) is 49.1 Å². The summed E-state index contributed by atoms with van der Waals surface area (Å²) in [5, 5.41) is 16.2. The number of nitrogens with zero attached hydrogens (tertiary/aromatic N) is 3. The number of hydrogen-bond acceptors (Lipinski definition) is 8.